The van der Waals surface area contributed by atoms with Crippen molar-refractivity contribution in [1.82, 2.24) is 4.72 Å². The third kappa shape index (κ3) is 24.3. The zero-order chi connectivity index (χ0) is 18.3. The van der Waals surface area contributed by atoms with Gasteiger partial charge in [-0.05, 0) is 10.7 Å². The third-order valence-electron chi connectivity index (χ3n) is 2.69. The maximum absolute atomic E-state index is 5.39. The van der Waals surface area contributed by atoms with Crippen molar-refractivity contribution < 1.29 is 33.2 Å². The molecule has 0 aromatic rings. The molecule has 1 N–H and O–H groups in total. The Labute approximate surface area is 159 Å². The molecular formula is C15H32ClNO7S. The predicted molar refractivity (Wildman–Crippen MR) is 98.2 cm³/mol. The lowest BCUT2D eigenvalue weighted by Crippen LogP contribution is -2.15. The van der Waals surface area contributed by atoms with Crippen LogP contribution in [-0.4, -0.2) is 99.5 Å². The summed E-state index contributed by atoms with van der Waals surface area (Å²) in [4.78, 5) is 0. The molecule has 0 heterocycles. The Balaban J connectivity index is 2.94. The average Bonchev–Trinajstić information content (AvgIpc) is 2.63. The highest BCUT2D eigenvalue weighted by atomic mass is 35.7. The molecule has 25 heavy (non-hydrogen) atoms. The summed E-state index contributed by atoms with van der Waals surface area (Å²) in [6.07, 6.45) is 0. The summed E-state index contributed by atoms with van der Waals surface area (Å²) >= 11 is 1.06. The number of ether oxygens (including phenoxy) is 7. The van der Waals surface area contributed by atoms with Crippen LogP contribution in [0.2, 0.25) is 0 Å². The van der Waals surface area contributed by atoms with Crippen LogP contribution in [0.3, 0.4) is 0 Å². The number of rotatable bonds is 22. The van der Waals surface area contributed by atoms with Gasteiger partial charge in [-0.15, -0.1) is 0 Å². The second-order valence-electron chi connectivity index (χ2n) is 4.64. The molecule has 0 spiro atoms. The summed E-state index contributed by atoms with van der Waals surface area (Å²) in [6.45, 7) is 8.06. The molecule has 0 aromatic carbocycles. The van der Waals surface area contributed by atoms with Crippen molar-refractivity contribution >= 4 is 21.8 Å². The van der Waals surface area contributed by atoms with Gasteiger partial charge < -0.3 is 33.2 Å². The Morgan fingerprint density at radius 1 is 0.560 bits per heavy atom. The Morgan fingerprint density at radius 2 is 0.880 bits per heavy atom. The molecule has 0 aliphatic heterocycles. The highest BCUT2D eigenvalue weighted by Crippen LogP contribution is 1.95. The van der Waals surface area contributed by atoms with E-state index in [0.29, 0.717) is 92.4 Å². The van der Waals surface area contributed by atoms with E-state index < -0.39 is 0 Å². The van der Waals surface area contributed by atoms with E-state index in [1.54, 1.807) is 7.11 Å². The van der Waals surface area contributed by atoms with Gasteiger partial charge in [0, 0.05) is 24.8 Å². The molecule has 0 aliphatic carbocycles. The van der Waals surface area contributed by atoms with Crippen LogP contribution in [-0.2, 0) is 33.2 Å². The molecule has 0 saturated heterocycles. The number of nitrogens with one attached hydrogen (secondary N) is 1. The van der Waals surface area contributed by atoms with Crippen LogP contribution in [0.1, 0.15) is 0 Å². The van der Waals surface area contributed by atoms with Crippen molar-refractivity contribution in [3.63, 3.8) is 0 Å². The first-order valence-corrected chi connectivity index (χ1v) is 10.0. The van der Waals surface area contributed by atoms with Crippen molar-refractivity contribution in [2.24, 2.45) is 0 Å². The van der Waals surface area contributed by atoms with Crippen LogP contribution in [0.4, 0.5) is 0 Å². The number of hydrogen-bond acceptors (Lipinski definition) is 9. The van der Waals surface area contributed by atoms with Gasteiger partial charge in [-0.3, -0.25) is 0 Å². The average molecular weight is 406 g/mol. The fraction of sp³-hybridized carbons (Fsp3) is 1.00. The van der Waals surface area contributed by atoms with Gasteiger partial charge in [-0.2, -0.15) is 0 Å². The molecule has 0 aromatic heterocycles. The van der Waals surface area contributed by atoms with Crippen LogP contribution >= 0.6 is 21.8 Å². The first-order chi connectivity index (χ1) is 12.4. The normalized spacial score (nSPS) is 11.3. The second kappa shape index (κ2) is 24.3. The maximum atomic E-state index is 5.39. The zero-order valence-corrected chi connectivity index (χ0v) is 16.6. The molecule has 0 saturated carbocycles. The second-order valence-corrected chi connectivity index (χ2v) is 5.54. The maximum Gasteiger partial charge on any atom is 0.0701 e. The molecule has 10 heteroatoms. The molecule has 0 bridgehead atoms. The van der Waals surface area contributed by atoms with Crippen molar-refractivity contribution in [1.29, 1.82) is 0 Å². The van der Waals surface area contributed by atoms with Crippen LogP contribution in [0.25, 0.3) is 0 Å². The Morgan fingerprint density at radius 3 is 1.20 bits per heavy atom. The van der Waals surface area contributed by atoms with Gasteiger partial charge in [0.2, 0.25) is 0 Å². The van der Waals surface area contributed by atoms with E-state index in [-0.39, 0.29) is 0 Å². The third-order valence-corrected chi connectivity index (χ3v) is 3.34. The first kappa shape index (κ1) is 25.3. The highest BCUT2D eigenvalue weighted by molar-refractivity contribution is 8.19. The minimum atomic E-state index is 0.543. The SMILES string of the molecule is COCCOCCOCCOCCOCCOCCOCCNSCl. The summed E-state index contributed by atoms with van der Waals surface area (Å²) in [5.41, 5.74) is 0. The van der Waals surface area contributed by atoms with Gasteiger partial charge in [0.05, 0.1) is 85.9 Å². The monoisotopic (exact) mass is 405 g/mol. The Kier molecular flexibility index (Phi) is 24.6. The molecule has 0 aliphatic rings. The molecule has 0 atom stereocenters. The smallest absolute Gasteiger partial charge is 0.0701 e. The molecule has 0 unspecified atom stereocenters. The predicted octanol–water partition coefficient (Wildman–Crippen LogP) is 1.12. The summed E-state index contributed by atoms with van der Waals surface area (Å²) < 4.78 is 39.8. The standard InChI is InChI=1S/C15H32ClNO7S/c1-18-4-5-20-8-9-22-12-13-24-15-14-23-11-10-21-7-6-19-3-2-17-25-16/h17H,2-15H2,1H3. The lowest BCUT2D eigenvalue weighted by molar-refractivity contribution is -0.0188. The number of halogens is 1. The fourth-order valence-corrected chi connectivity index (χ4v) is 1.89. The molecule has 0 fully saturated rings. The van der Waals surface area contributed by atoms with Crippen LogP contribution in [0.15, 0.2) is 0 Å². The van der Waals surface area contributed by atoms with Gasteiger partial charge >= 0.3 is 0 Å². The van der Waals surface area contributed by atoms with E-state index in [9.17, 15) is 0 Å². The minimum absolute atomic E-state index is 0.543. The quantitative estimate of drug-likeness (QED) is 0.210. The van der Waals surface area contributed by atoms with Crippen LogP contribution in [0.5, 0.6) is 0 Å². The molecule has 0 radical (unpaired) electrons. The fourth-order valence-electron chi connectivity index (χ4n) is 1.50. The zero-order valence-electron chi connectivity index (χ0n) is 15.0. The van der Waals surface area contributed by atoms with E-state index in [0.717, 1.165) is 11.2 Å². The van der Waals surface area contributed by atoms with Gasteiger partial charge in [0.15, 0.2) is 0 Å². The molecule has 0 rings (SSSR count). The lowest BCUT2D eigenvalue weighted by atomic mass is 10.6. The molecular weight excluding hydrogens is 374 g/mol. The summed E-state index contributed by atoms with van der Waals surface area (Å²) in [5.74, 6) is 0. The van der Waals surface area contributed by atoms with Crippen molar-refractivity contribution in [3.05, 3.63) is 0 Å². The van der Waals surface area contributed by atoms with Gasteiger partial charge in [-0.25, -0.2) is 4.72 Å². The summed E-state index contributed by atoms with van der Waals surface area (Å²) in [5, 5.41) is 0. The Hall–Kier alpha value is 0.320. The van der Waals surface area contributed by atoms with Crippen molar-refractivity contribution in [2.75, 3.05) is 99.5 Å². The summed E-state index contributed by atoms with van der Waals surface area (Å²) in [7, 11) is 7.03. The van der Waals surface area contributed by atoms with E-state index in [1.165, 1.54) is 0 Å². The van der Waals surface area contributed by atoms with E-state index in [2.05, 4.69) is 4.72 Å². The van der Waals surface area contributed by atoms with Gasteiger partial charge in [0.25, 0.3) is 0 Å². The minimum Gasteiger partial charge on any atom is -0.382 e. The van der Waals surface area contributed by atoms with E-state index >= 15 is 0 Å². The molecule has 8 nitrogen and oxygen atoms in total. The first-order valence-electron chi connectivity index (χ1n) is 8.37. The van der Waals surface area contributed by atoms with Gasteiger partial charge in [-0.1, -0.05) is 0 Å². The van der Waals surface area contributed by atoms with Gasteiger partial charge in [0.1, 0.15) is 0 Å². The Bertz CT molecular complexity index is 224. The molecule has 0 amide bonds. The largest absolute Gasteiger partial charge is 0.382 e. The van der Waals surface area contributed by atoms with E-state index in [4.69, 9.17) is 43.8 Å². The van der Waals surface area contributed by atoms with Crippen molar-refractivity contribution in [2.45, 2.75) is 0 Å². The van der Waals surface area contributed by atoms with Crippen LogP contribution in [0, 0.1) is 0 Å². The number of hydrogen-bond donors (Lipinski definition) is 1. The van der Waals surface area contributed by atoms with Crippen LogP contribution < -0.4 is 4.72 Å². The van der Waals surface area contributed by atoms with E-state index in [1.807, 2.05) is 0 Å². The molecule has 152 valence electrons. The lowest BCUT2D eigenvalue weighted by Gasteiger charge is -2.08. The summed E-state index contributed by atoms with van der Waals surface area (Å²) in [6, 6.07) is 0. The van der Waals surface area contributed by atoms with Crippen molar-refractivity contribution in [3.8, 4) is 0 Å². The topological polar surface area (TPSA) is 76.6 Å². The number of methoxy groups -OCH3 is 1. The highest BCUT2D eigenvalue weighted by Gasteiger charge is 1.94.